The van der Waals surface area contributed by atoms with Crippen molar-refractivity contribution >= 4 is 43.4 Å². The van der Waals surface area contributed by atoms with E-state index in [4.69, 9.17) is 32.9 Å². The first-order valence-corrected chi connectivity index (χ1v) is 48.8. The van der Waals surface area contributed by atoms with E-state index in [1.807, 2.05) is 0 Å². The highest BCUT2D eigenvalue weighted by molar-refractivity contribution is 7.46. The van der Waals surface area contributed by atoms with Gasteiger partial charge in [-0.25, -0.2) is 4.57 Å². The first-order valence-electron chi connectivity index (χ1n) is 47.2. The lowest BCUT2D eigenvalue weighted by Gasteiger charge is -2.44. The lowest BCUT2D eigenvalue weighted by Crippen LogP contribution is -2.61. The Kier molecular flexibility index (Phi) is 73.5. The van der Waals surface area contributed by atoms with E-state index in [-0.39, 0.29) is 50.7 Å². The third kappa shape index (κ3) is 64.7. The Morgan fingerprint density at radius 1 is 0.351 bits per heavy atom. The van der Waals surface area contributed by atoms with Crippen LogP contribution in [0.4, 0.5) is 0 Å². The Balaban J connectivity index is 3.72. The summed E-state index contributed by atoms with van der Waals surface area (Å²) in [6, 6.07) is 0. The van der Waals surface area contributed by atoms with E-state index in [1.54, 1.807) is 0 Å². The lowest BCUT2D eigenvalue weighted by molar-refractivity contribution is -0.280. The number of esters is 4. The second-order valence-corrected chi connectivity index (χ2v) is 34.3. The summed E-state index contributed by atoms with van der Waals surface area (Å²) in [5.41, 5.74) is 0. The molecule has 0 spiro atoms. The Morgan fingerprint density at radius 3 is 0.910 bits per heavy atom. The number of rotatable bonds is 84. The van der Waals surface area contributed by atoms with Crippen LogP contribution in [0.15, 0.2) is 0 Å². The maximum absolute atomic E-state index is 15.6. The number of hydrogen-bond acceptors (Lipinski definition) is 15. The Hall–Kier alpha value is -2.99. The van der Waals surface area contributed by atoms with Gasteiger partial charge < -0.3 is 48.6 Å². The first-order chi connectivity index (χ1) is 54.0. The number of phosphoric ester groups is 1. The summed E-state index contributed by atoms with van der Waals surface area (Å²) in [6.45, 7) is 12.0. The molecular weight excluding hydrogens is 1420 g/mol. The largest absolute Gasteiger partial charge is 0.470 e. The van der Waals surface area contributed by atoms with Crippen molar-refractivity contribution in [1.82, 2.24) is 5.32 Å². The van der Waals surface area contributed by atoms with Gasteiger partial charge in [0.15, 0.2) is 6.29 Å². The molecule has 1 amide bonds. The molecule has 1 aliphatic rings. The molecule has 8 atom stereocenters. The van der Waals surface area contributed by atoms with Gasteiger partial charge in [-0.15, -0.1) is 0 Å². The topological polar surface area (TPSA) is 257 Å². The number of ketones is 1. The van der Waals surface area contributed by atoms with Crippen LogP contribution in [0.2, 0.25) is 0 Å². The summed E-state index contributed by atoms with van der Waals surface area (Å²) in [5.74, 6) is -4.88. The van der Waals surface area contributed by atoms with Crippen molar-refractivity contribution in [3.63, 3.8) is 0 Å². The number of aliphatic hydroxyl groups is 1. The Morgan fingerprint density at radius 2 is 0.622 bits per heavy atom. The average Bonchev–Trinajstić information content (AvgIpc) is 0.773. The normalized spacial score (nSPS) is 16.7. The second-order valence-electron chi connectivity index (χ2n) is 33.1. The van der Waals surface area contributed by atoms with Crippen molar-refractivity contribution < 1.29 is 81.2 Å². The summed E-state index contributed by atoms with van der Waals surface area (Å²) in [5, 5.41) is 13.9. The predicted octanol–water partition coefficient (Wildman–Crippen LogP) is 25.2. The monoisotopic (exact) mass is 1600 g/mol. The van der Waals surface area contributed by atoms with Crippen LogP contribution in [0.3, 0.4) is 0 Å². The molecular formula is C92H174NO17P. The smallest absolute Gasteiger partial charge is 0.462 e. The molecule has 0 aromatic rings. The molecule has 1 aliphatic heterocycles. The first kappa shape index (κ1) is 106. The SMILES string of the molecule is CCCCCCCCCCCCCC(=O)O[C@H](CCCCCCCCCCC)CC(=O)NCCO[C@@H]1O[C@H](CO)[C@@H](OP(=O)(O)O)[C@H](OC(=O)C[C@@H](CCCCCCCCCCC)OC(=O)CCCCCCCCCCCCC)[C@H]1C(=O)C[C@@H](CCCCCCCCCCC)OC(=O)CCCCCCCCCCCCC. The third-order valence-electron chi connectivity index (χ3n) is 22.4. The molecule has 0 unspecified atom stereocenters. The van der Waals surface area contributed by atoms with E-state index in [9.17, 15) is 43.4 Å². The summed E-state index contributed by atoms with van der Waals surface area (Å²) < 4.78 is 56.0. The molecule has 1 heterocycles. The van der Waals surface area contributed by atoms with E-state index in [1.165, 1.54) is 193 Å². The zero-order valence-corrected chi connectivity index (χ0v) is 73.4. The number of unbranched alkanes of at least 4 members (excludes halogenated alkanes) is 54. The van der Waals surface area contributed by atoms with Gasteiger partial charge in [-0.1, -0.05) is 388 Å². The fourth-order valence-corrected chi connectivity index (χ4v) is 16.1. The van der Waals surface area contributed by atoms with Crippen LogP contribution in [0.1, 0.15) is 485 Å². The number of nitrogens with one attached hydrogen (secondary N) is 1. The molecule has 654 valence electrons. The number of aliphatic hydroxyl groups excluding tert-OH is 1. The highest BCUT2D eigenvalue weighted by Gasteiger charge is 2.54. The van der Waals surface area contributed by atoms with Crippen molar-refractivity contribution in [2.45, 2.75) is 527 Å². The minimum Gasteiger partial charge on any atom is -0.462 e. The molecule has 0 saturated carbocycles. The standard InChI is InChI=1S/C92H174NO17P/c1-7-13-19-25-31-37-40-46-52-58-64-70-85(97)105-79(67-61-55-49-43-34-28-22-16-10-4)75-82(95)89-91(109-88(100)77-81(69-63-57-51-45-36-30-24-18-12-6)107-87(99)72-66-60-54-48-42-39-33-27-21-15-9-3)90(110-111(101,102)103)83(78-94)108-92(89)104-74-73-93-84(96)76-80(68-62-56-50-44-35-29-23-17-11-5)106-86(98)71-65-59-53-47-41-38-32-26-20-14-8-2/h79-81,83,89-92,94H,7-78H2,1-6H3,(H,93,96)(H2,101,102,103)/t79-,80-,81-,83-,89-,90-,91-,92-/m1/s1. The maximum atomic E-state index is 15.6. The maximum Gasteiger partial charge on any atom is 0.470 e. The fourth-order valence-electron chi connectivity index (χ4n) is 15.5. The van der Waals surface area contributed by atoms with Gasteiger partial charge in [0.05, 0.1) is 26.1 Å². The average molecular weight is 1600 g/mol. The highest BCUT2D eigenvalue weighted by Crippen LogP contribution is 2.44. The molecule has 0 bridgehead atoms. The molecule has 1 rings (SSSR count). The van der Waals surface area contributed by atoms with Gasteiger partial charge in [-0.2, -0.15) is 0 Å². The minimum atomic E-state index is -5.50. The lowest BCUT2D eigenvalue weighted by atomic mass is 9.84. The van der Waals surface area contributed by atoms with E-state index in [0.717, 1.165) is 167 Å². The van der Waals surface area contributed by atoms with Crippen molar-refractivity contribution in [3.8, 4) is 0 Å². The summed E-state index contributed by atoms with van der Waals surface area (Å²) in [4.78, 5) is 107. The van der Waals surface area contributed by atoms with Crippen LogP contribution >= 0.6 is 7.82 Å². The zero-order chi connectivity index (χ0) is 81.2. The van der Waals surface area contributed by atoms with Crippen LogP contribution < -0.4 is 5.32 Å². The van der Waals surface area contributed by atoms with E-state index < -0.39 is 99.8 Å². The number of ether oxygens (including phenoxy) is 6. The number of amides is 1. The number of carbonyl (C=O) groups is 6. The van der Waals surface area contributed by atoms with E-state index >= 15 is 4.79 Å². The number of phosphoric acid groups is 1. The molecule has 0 radical (unpaired) electrons. The van der Waals surface area contributed by atoms with Crippen molar-refractivity contribution in [1.29, 1.82) is 0 Å². The van der Waals surface area contributed by atoms with Gasteiger partial charge in [0.1, 0.15) is 48.3 Å². The van der Waals surface area contributed by atoms with Gasteiger partial charge in [0, 0.05) is 32.2 Å². The molecule has 1 saturated heterocycles. The molecule has 0 aromatic heterocycles. The Labute approximate surface area is 679 Å². The number of carbonyl (C=O) groups excluding carboxylic acids is 6. The van der Waals surface area contributed by atoms with Crippen LogP contribution in [-0.2, 0) is 66.3 Å². The number of hydrogen-bond donors (Lipinski definition) is 4. The minimum absolute atomic E-state index is 0.0822. The molecule has 1 fully saturated rings. The van der Waals surface area contributed by atoms with Gasteiger partial charge in [0.25, 0.3) is 0 Å². The van der Waals surface area contributed by atoms with E-state index in [0.29, 0.717) is 44.9 Å². The van der Waals surface area contributed by atoms with Gasteiger partial charge in [0.2, 0.25) is 5.91 Å². The van der Waals surface area contributed by atoms with Crippen LogP contribution in [0, 0.1) is 5.92 Å². The highest BCUT2D eigenvalue weighted by atomic mass is 31.2. The summed E-state index contributed by atoms with van der Waals surface area (Å²) in [6.07, 6.45) is 57.3. The zero-order valence-electron chi connectivity index (χ0n) is 72.5. The molecule has 0 aromatic carbocycles. The van der Waals surface area contributed by atoms with Gasteiger partial charge in [-0.3, -0.25) is 33.3 Å². The van der Waals surface area contributed by atoms with Gasteiger partial charge in [-0.05, 0) is 57.8 Å². The van der Waals surface area contributed by atoms with Crippen molar-refractivity contribution in [3.05, 3.63) is 0 Å². The van der Waals surface area contributed by atoms with E-state index in [2.05, 4.69) is 46.9 Å². The molecule has 0 aliphatic carbocycles. The number of Topliss-reactive ketones (excluding diaryl/α,β-unsaturated/α-hetero) is 1. The molecule has 111 heavy (non-hydrogen) atoms. The predicted molar refractivity (Wildman–Crippen MR) is 452 cm³/mol. The van der Waals surface area contributed by atoms with Crippen molar-refractivity contribution in [2.75, 3.05) is 19.8 Å². The van der Waals surface area contributed by atoms with Crippen LogP contribution in [-0.4, -0.2) is 113 Å². The van der Waals surface area contributed by atoms with Crippen LogP contribution in [0.5, 0.6) is 0 Å². The third-order valence-corrected chi connectivity index (χ3v) is 22.9. The fraction of sp³-hybridized carbons (Fsp3) is 0.935. The Bertz CT molecular complexity index is 2220. The molecule has 18 nitrogen and oxygen atoms in total. The van der Waals surface area contributed by atoms with Crippen molar-refractivity contribution in [2.24, 2.45) is 5.92 Å². The van der Waals surface area contributed by atoms with Crippen LogP contribution in [0.25, 0.3) is 0 Å². The molecule has 4 N–H and O–H groups in total. The summed E-state index contributed by atoms with van der Waals surface area (Å²) >= 11 is 0. The summed E-state index contributed by atoms with van der Waals surface area (Å²) in [7, 11) is -5.50. The molecule has 19 heteroatoms. The quantitative estimate of drug-likeness (QED) is 0.0191. The second kappa shape index (κ2) is 77.0. The van der Waals surface area contributed by atoms with Gasteiger partial charge >= 0.3 is 31.7 Å².